The highest BCUT2D eigenvalue weighted by molar-refractivity contribution is 5.42. The molecule has 0 fully saturated rings. The first-order chi connectivity index (χ1) is 10.8. The zero-order chi connectivity index (χ0) is 15.6. The highest BCUT2D eigenvalue weighted by Crippen LogP contribution is 2.21. The molecule has 4 nitrogen and oxygen atoms in total. The second-order valence-electron chi connectivity index (χ2n) is 5.08. The average Bonchev–Trinajstić information content (AvgIpc) is 2.58. The van der Waals surface area contributed by atoms with Gasteiger partial charge in [-0.05, 0) is 55.7 Å². The Kier molecular flexibility index (Phi) is 6.58. The Morgan fingerprint density at radius 1 is 0.955 bits per heavy atom. The Morgan fingerprint density at radius 3 is 2.23 bits per heavy atom. The molecular weight excluding hydrogens is 276 g/mol. The van der Waals surface area contributed by atoms with Crippen molar-refractivity contribution in [2.45, 2.75) is 32.3 Å². The van der Waals surface area contributed by atoms with Crippen LogP contribution in [0.5, 0.6) is 5.75 Å². The summed E-state index contributed by atoms with van der Waals surface area (Å²) >= 11 is 0. The second-order valence-corrected chi connectivity index (χ2v) is 5.08. The van der Waals surface area contributed by atoms with Crippen LogP contribution in [-0.2, 0) is 0 Å². The Bertz CT molecular complexity index is 567. The Morgan fingerprint density at radius 2 is 1.59 bits per heavy atom. The van der Waals surface area contributed by atoms with Gasteiger partial charge in [-0.2, -0.15) is 10.2 Å². The molecular formula is C18H22N2O2. The van der Waals surface area contributed by atoms with Crippen molar-refractivity contribution in [1.29, 1.82) is 0 Å². The molecule has 0 spiro atoms. The highest BCUT2D eigenvalue weighted by atomic mass is 16.5. The van der Waals surface area contributed by atoms with Gasteiger partial charge in [-0.25, -0.2) is 0 Å². The maximum atomic E-state index is 9.47. The van der Waals surface area contributed by atoms with Crippen LogP contribution in [0.4, 0.5) is 11.4 Å². The van der Waals surface area contributed by atoms with Gasteiger partial charge in [0.15, 0.2) is 0 Å². The minimum atomic E-state index is -0.218. The lowest BCUT2D eigenvalue weighted by Gasteiger charge is -2.08. The summed E-state index contributed by atoms with van der Waals surface area (Å²) < 4.78 is 5.64. The van der Waals surface area contributed by atoms with Gasteiger partial charge in [0.1, 0.15) is 5.75 Å². The standard InChI is InChI=1S/C18H22N2O2/c1-2-17(21)9-6-14-22-18-12-10-16(11-13-18)20-19-15-7-4-3-5-8-15/h3-5,7-8,10-13,17,21H,2,6,9,14H2,1H3. The minimum Gasteiger partial charge on any atom is -0.494 e. The molecule has 4 heteroatoms. The number of aliphatic hydroxyl groups excluding tert-OH is 1. The second kappa shape index (κ2) is 8.95. The van der Waals surface area contributed by atoms with E-state index >= 15 is 0 Å². The lowest BCUT2D eigenvalue weighted by Crippen LogP contribution is -2.07. The fourth-order valence-corrected chi connectivity index (χ4v) is 1.93. The van der Waals surface area contributed by atoms with Crippen LogP contribution in [0.2, 0.25) is 0 Å². The summed E-state index contributed by atoms with van der Waals surface area (Å²) in [6.45, 7) is 2.59. The molecule has 0 radical (unpaired) electrons. The zero-order valence-corrected chi connectivity index (χ0v) is 12.9. The van der Waals surface area contributed by atoms with Crippen LogP contribution in [0.1, 0.15) is 26.2 Å². The van der Waals surface area contributed by atoms with Crippen molar-refractivity contribution in [3.63, 3.8) is 0 Å². The minimum absolute atomic E-state index is 0.218. The van der Waals surface area contributed by atoms with Crippen LogP contribution in [0, 0.1) is 0 Å². The first-order valence-electron chi connectivity index (χ1n) is 7.65. The predicted octanol–water partition coefficient (Wildman–Crippen LogP) is 5.03. The molecule has 2 rings (SSSR count). The van der Waals surface area contributed by atoms with Gasteiger partial charge < -0.3 is 9.84 Å². The molecule has 1 atom stereocenters. The van der Waals surface area contributed by atoms with Gasteiger partial charge in [0.2, 0.25) is 0 Å². The van der Waals surface area contributed by atoms with Crippen molar-refractivity contribution < 1.29 is 9.84 Å². The van der Waals surface area contributed by atoms with E-state index in [2.05, 4.69) is 10.2 Å². The third kappa shape index (κ3) is 5.66. The number of azo groups is 1. The van der Waals surface area contributed by atoms with E-state index in [0.29, 0.717) is 6.61 Å². The third-order valence-electron chi connectivity index (χ3n) is 3.30. The molecule has 0 bridgehead atoms. The summed E-state index contributed by atoms with van der Waals surface area (Å²) in [5, 5.41) is 17.8. The molecule has 0 aliphatic carbocycles. The number of ether oxygens (including phenoxy) is 1. The van der Waals surface area contributed by atoms with E-state index < -0.39 is 0 Å². The fourth-order valence-electron chi connectivity index (χ4n) is 1.93. The lowest BCUT2D eigenvalue weighted by molar-refractivity contribution is 0.149. The summed E-state index contributed by atoms with van der Waals surface area (Å²) in [4.78, 5) is 0. The molecule has 1 unspecified atom stereocenters. The lowest BCUT2D eigenvalue weighted by atomic mass is 10.1. The largest absolute Gasteiger partial charge is 0.494 e. The van der Waals surface area contributed by atoms with Gasteiger partial charge in [0.25, 0.3) is 0 Å². The van der Waals surface area contributed by atoms with Crippen LogP contribution in [-0.4, -0.2) is 17.8 Å². The number of rotatable bonds is 8. The summed E-state index contributed by atoms with van der Waals surface area (Å²) in [5.74, 6) is 0.810. The van der Waals surface area contributed by atoms with E-state index in [1.807, 2.05) is 61.5 Å². The molecule has 22 heavy (non-hydrogen) atoms. The summed E-state index contributed by atoms with van der Waals surface area (Å²) in [5.41, 5.74) is 1.62. The molecule has 2 aromatic carbocycles. The van der Waals surface area contributed by atoms with Crippen molar-refractivity contribution in [2.75, 3.05) is 6.61 Å². The van der Waals surface area contributed by atoms with Crippen LogP contribution in [0.25, 0.3) is 0 Å². The van der Waals surface area contributed by atoms with Crippen molar-refractivity contribution >= 4 is 11.4 Å². The third-order valence-corrected chi connectivity index (χ3v) is 3.30. The Balaban J connectivity index is 1.79. The van der Waals surface area contributed by atoms with Crippen molar-refractivity contribution in [3.8, 4) is 5.75 Å². The van der Waals surface area contributed by atoms with Crippen molar-refractivity contribution in [3.05, 3.63) is 54.6 Å². The van der Waals surface area contributed by atoms with Crippen LogP contribution in [0.3, 0.4) is 0 Å². The monoisotopic (exact) mass is 298 g/mol. The average molecular weight is 298 g/mol. The molecule has 0 saturated heterocycles. The van der Waals surface area contributed by atoms with Gasteiger partial charge in [0, 0.05) is 0 Å². The van der Waals surface area contributed by atoms with Gasteiger partial charge in [0.05, 0.1) is 24.1 Å². The molecule has 2 aromatic rings. The van der Waals surface area contributed by atoms with Gasteiger partial charge in [-0.3, -0.25) is 0 Å². The molecule has 116 valence electrons. The SMILES string of the molecule is CCC(O)CCCOc1ccc(N=Nc2ccccc2)cc1. The quantitative estimate of drug-likeness (QED) is 0.549. The number of hydrogen-bond donors (Lipinski definition) is 1. The molecule has 0 aliphatic heterocycles. The normalized spacial score (nSPS) is 12.5. The van der Waals surface area contributed by atoms with E-state index in [4.69, 9.17) is 4.74 Å². The number of benzene rings is 2. The molecule has 0 aliphatic rings. The van der Waals surface area contributed by atoms with E-state index in [0.717, 1.165) is 36.4 Å². The number of aliphatic hydroxyl groups is 1. The molecule has 0 heterocycles. The topological polar surface area (TPSA) is 54.2 Å². The smallest absolute Gasteiger partial charge is 0.119 e. The van der Waals surface area contributed by atoms with Crippen LogP contribution in [0.15, 0.2) is 64.8 Å². The van der Waals surface area contributed by atoms with Crippen molar-refractivity contribution in [2.24, 2.45) is 10.2 Å². The Hall–Kier alpha value is -2.20. The van der Waals surface area contributed by atoms with Gasteiger partial charge in [-0.15, -0.1) is 0 Å². The maximum absolute atomic E-state index is 9.47. The summed E-state index contributed by atoms with van der Waals surface area (Å²) in [7, 11) is 0. The van der Waals surface area contributed by atoms with E-state index in [1.165, 1.54) is 0 Å². The van der Waals surface area contributed by atoms with Crippen LogP contribution < -0.4 is 4.74 Å². The Labute approximate surface area is 131 Å². The summed E-state index contributed by atoms with van der Waals surface area (Å²) in [6, 6.07) is 17.2. The van der Waals surface area contributed by atoms with E-state index in [-0.39, 0.29) is 6.10 Å². The first kappa shape index (κ1) is 16.2. The number of hydrogen-bond acceptors (Lipinski definition) is 4. The molecule has 0 amide bonds. The van der Waals surface area contributed by atoms with E-state index in [9.17, 15) is 5.11 Å². The van der Waals surface area contributed by atoms with Gasteiger partial charge in [-0.1, -0.05) is 25.1 Å². The highest BCUT2D eigenvalue weighted by Gasteiger charge is 2.00. The van der Waals surface area contributed by atoms with Crippen molar-refractivity contribution in [1.82, 2.24) is 0 Å². The fraction of sp³-hybridized carbons (Fsp3) is 0.333. The molecule has 0 aromatic heterocycles. The predicted molar refractivity (Wildman–Crippen MR) is 88.1 cm³/mol. The molecule has 0 saturated carbocycles. The molecule has 1 N–H and O–H groups in total. The maximum Gasteiger partial charge on any atom is 0.119 e. The summed E-state index contributed by atoms with van der Waals surface area (Å²) in [6.07, 6.45) is 2.20. The van der Waals surface area contributed by atoms with Gasteiger partial charge >= 0.3 is 0 Å². The number of nitrogens with zero attached hydrogens (tertiary/aromatic N) is 2. The van der Waals surface area contributed by atoms with E-state index in [1.54, 1.807) is 0 Å². The van der Waals surface area contributed by atoms with Crippen LogP contribution >= 0.6 is 0 Å². The zero-order valence-electron chi connectivity index (χ0n) is 12.9. The first-order valence-corrected chi connectivity index (χ1v) is 7.65.